The van der Waals surface area contributed by atoms with Gasteiger partial charge in [-0.1, -0.05) is 13.3 Å². The number of halogens is 1. The number of thiophene rings is 1. The maximum absolute atomic E-state index is 12.3. The van der Waals surface area contributed by atoms with E-state index in [9.17, 15) is 9.59 Å². The molecule has 6 heteroatoms. The maximum atomic E-state index is 12.3. The van der Waals surface area contributed by atoms with Crippen molar-refractivity contribution < 1.29 is 14.3 Å². The standard InChI is InChI=1S/C15H20ClNO3S/c1-2-8-20-15(19)13-10-6-4-3-5-7-11(10)21-14(13)17-12(18)9-16/h2-9H2,1H3,(H,17,18). The highest BCUT2D eigenvalue weighted by atomic mass is 35.5. The van der Waals surface area contributed by atoms with Crippen LogP contribution in [0.2, 0.25) is 0 Å². The second-order valence-corrected chi connectivity index (χ2v) is 6.46. The molecule has 4 nitrogen and oxygen atoms in total. The summed E-state index contributed by atoms with van der Waals surface area (Å²) in [6, 6.07) is 0. The Labute approximate surface area is 133 Å². The van der Waals surface area contributed by atoms with E-state index in [0.29, 0.717) is 17.2 Å². The van der Waals surface area contributed by atoms with E-state index < -0.39 is 0 Å². The Balaban J connectivity index is 2.34. The molecule has 0 unspecified atom stereocenters. The first kappa shape index (κ1) is 16.3. The van der Waals surface area contributed by atoms with Crippen molar-refractivity contribution >= 4 is 39.8 Å². The molecule has 21 heavy (non-hydrogen) atoms. The third-order valence-electron chi connectivity index (χ3n) is 3.44. The predicted molar refractivity (Wildman–Crippen MR) is 85.5 cm³/mol. The van der Waals surface area contributed by atoms with Crippen molar-refractivity contribution in [3.8, 4) is 0 Å². The maximum Gasteiger partial charge on any atom is 0.341 e. The van der Waals surface area contributed by atoms with E-state index in [0.717, 1.165) is 37.7 Å². The molecule has 0 aliphatic heterocycles. The summed E-state index contributed by atoms with van der Waals surface area (Å²) in [5, 5.41) is 3.33. The fourth-order valence-corrected chi connectivity index (χ4v) is 3.83. The molecule has 116 valence electrons. The summed E-state index contributed by atoms with van der Waals surface area (Å²) in [6.45, 7) is 2.35. The molecule has 0 saturated carbocycles. The number of hydrogen-bond acceptors (Lipinski definition) is 4. The van der Waals surface area contributed by atoms with E-state index in [4.69, 9.17) is 16.3 Å². The number of hydrogen-bond donors (Lipinski definition) is 1. The van der Waals surface area contributed by atoms with Crippen LogP contribution in [0.1, 0.15) is 53.4 Å². The number of carbonyl (C=O) groups excluding carboxylic acids is 2. The van der Waals surface area contributed by atoms with E-state index in [1.165, 1.54) is 22.6 Å². The molecule has 0 aromatic carbocycles. The van der Waals surface area contributed by atoms with Gasteiger partial charge in [0.25, 0.3) is 0 Å². The molecule has 1 aliphatic rings. The molecule has 0 saturated heterocycles. The number of fused-ring (bicyclic) bond motifs is 1. The summed E-state index contributed by atoms with van der Waals surface area (Å²) in [4.78, 5) is 25.1. The lowest BCUT2D eigenvalue weighted by molar-refractivity contribution is -0.113. The smallest absolute Gasteiger partial charge is 0.341 e. The van der Waals surface area contributed by atoms with Crippen molar-refractivity contribution in [2.75, 3.05) is 17.8 Å². The average Bonchev–Trinajstić information content (AvgIpc) is 2.66. The molecule has 1 aromatic rings. The number of esters is 1. The van der Waals surface area contributed by atoms with Crippen LogP contribution < -0.4 is 5.32 Å². The van der Waals surface area contributed by atoms with Gasteiger partial charge in [-0.15, -0.1) is 22.9 Å². The molecule has 2 rings (SSSR count). The van der Waals surface area contributed by atoms with Crippen LogP contribution in [0.15, 0.2) is 0 Å². The van der Waals surface area contributed by atoms with Crippen LogP contribution in [0.5, 0.6) is 0 Å². The number of aryl methyl sites for hydroxylation is 1. The van der Waals surface area contributed by atoms with E-state index in [1.807, 2.05) is 6.92 Å². The summed E-state index contributed by atoms with van der Waals surface area (Å²) < 4.78 is 5.28. The molecule has 0 fully saturated rings. The normalized spacial score (nSPS) is 14.2. The lowest BCUT2D eigenvalue weighted by Crippen LogP contribution is -2.16. The third kappa shape index (κ3) is 3.98. The summed E-state index contributed by atoms with van der Waals surface area (Å²) in [5.74, 6) is -0.745. The van der Waals surface area contributed by atoms with Gasteiger partial charge >= 0.3 is 5.97 Å². The van der Waals surface area contributed by atoms with Gasteiger partial charge in [0.2, 0.25) is 5.91 Å². The molecule has 1 heterocycles. The fraction of sp³-hybridized carbons (Fsp3) is 0.600. The minimum atomic E-state index is -0.332. The van der Waals surface area contributed by atoms with Gasteiger partial charge in [-0.25, -0.2) is 4.79 Å². The highest BCUT2D eigenvalue weighted by Gasteiger charge is 2.26. The van der Waals surface area contributed by atoms with Gasteiger partial charge in [0.05, 0.1) is 12.2 Å². The summed E-state index contributed by atoms with van der Waals surface area (Å²) >= 11 is 7.04. The van der Waals surface area contributed by atoms with E-state index >= 15 is 0 Å². The Morgan fingerprint density at radius 1 is 1.29 bits per heavy atom. The Morgan fingerprint density at radius 2 is 2.05 bits per heavy atom. The molecule has 1 aromatic heterocycles. The second kappa shape index (κ2) is 7.80. The zero-order valence-electron chi connectivity index (χ0n) is 12.2. The molecule has 1 N–H and O–H groups in total. The van der Waals surface area contributed by atoms with E-state index in [-0.39, 0.29) is 17.8 Å². The first-order valence-electron chi connectivity index (χ1n) is 7.34. The quantitative estimate of drug-likeness (QED) is 0.508. The molecule has 1 amide bonds. The van der Waals surface area contributed by atoms with Gasteiger partial charge < -0.3 is 10.1 Å². The van der Waals surface area contributed by atoms with E-state index in [2.05, 4.69) is 5.32 Å². The fourth-order valence-electron chi connectivity index (χ4n) is 2.47. The SMILES string of the molecule is CCCOC(=O)c1c(NC(=O)CCl)sc2c1CCCCC2. The summed E-state index contributed by atoms with van der Waals surface area (Å²) in [7, 11) is 0. The number of carbonyl (C=O) groups is 2. The van der Waals surface area contributed by atoms with Crippen LogP contribution in [-0.4, -0.2) is 24.4 Å². The topological polar surface area (TPSA) is 55.4 Å². The highest BCUT2D eigenvalue weighted by Crippen LogP contribution is 2.38. The Morgan fingerprint density at radius 3 is 2.76 bits per heavy atom. The number of alkyl halides is 1. The van der Waals surface area contributed by atoms with Gasteiger partial charge in [-0.3, -0.25) is 4.79 Å². The lowest BCUT2D eigenvalue weighted by atomic mass is 10.1. The van der Waals surface area contributed by atoms with Crippen LogP contribution in [0.25, 0.3) is 0 Å². The van der Waals surface area contributed by atoms with Gasteiger partial charge in [0.15, 0.2) is 0 Å². The van der Waals surface area contributed by atoms with Crippen LogP contribution >= 0.6 is 22.9 Å². The largest absolute Gasteiger partial charge is 0.462 e. The van der Waals surface area contributed by atoms with Crippen molar-refractivity contribution in [3.05, 3.63) is 16.0 Å². The predicted octanol–water partition coefficient (Wildman–Crippen LogP) is 3.76. The van der Waals surface area contributed by atoms with Crippen molar-refractivity contribution in [2.45, 2.75) is 45.4 Å². The summed E-state index contributed by atoms with van der Waals surface area (Å²) in [5.41, 5.74) is 1.60. The average molecular weight is 330 g/mol. The zero-order chi connectivity index (χ0) is 15.2. The highest BCUT2D eigenvalue weighted by molar-refractivity contribution is 7.17. The van der Waals surface area contributed by atoms with Crippen molar-refractivity contribution in [2.24, 2.45) is 0 Å². The first-order valence-corrected chi connectivity index (χ1v) is 8.70. The minimum absolute atomic E-state index is 0.119. The Bertz CT molecular complexity index is 527. The molecule has 0 bridgehead atoms. The van der Waals surface area contributed by atoms with E-state index in [1.54, 1.807) is 0 Å². The van der Waals surface area contributed by atoms with Crippen LogP contribution in [0.3, 0.4) is 0 Å². The third-order valence-corrected chi connectivity index (χ3v) is 4.89. The zero-order valence-corrected chi connectivity index (χ0v) is 13.7. The molecule has 0 atom stereocenters. The molecule has 0 spiro atoms. The Hall–Kier alpha value is -1.07. The monoisotopic (exact) mass is 329 g/mol. The van der Waals surface area contributed by atoms with Crippen LogP contribution in [0.4, 0.5) is 5.00 Å². The Kier molecular flexibility index (Phi) is 6.06. The number of anilines is 1. The van der Waals surface area contributed by atoms with Crippen LogP contribution in [0, 0.1) is 0 Å². The molecule has 1 aliphatic carbocycles. The van der Waals surface area contributed by atoms with Gasteiger partial charge in [0, 0.05) is 4.88 Å². The number of rotatable bonds is 5. The van der Waals surface area contributed by atoms with Crippen LogP contribution in [-0.2, 0) is 22.4 Å². The second-order valence-electron chi connectivity index (χ2n) is 5.09. The summed E-state index contributed by atoms with van der Waals surface area (Å²) in [6.07, 6.45) is 5.99. The molecular weight excluding hydrogens is 310 g/mol. The van der Waals surface area contributed by atoms with Crippen molar-refractivity contribution in [1.29, 1.82) is 0 Å². The van der Waals surface area contributed by atoms with Crippen molar-refractivity contribution in [1.82, 2.24) is 0 Å². The van der Waals surface area contributed by atoms with Gasteiger partial charge in [-0.2, -0.15) is 0 Å². The first-order chi connectivity index (χ1) is 10.2. The van der Waals surface area contributed by atoms with Crippen molar-refractivity contribution in [3.63, 3.8) is 0 Å². The van der Waals surface area contributed by atoms with Gasteiger partial charge in [-0.05, 0) is 37.7 Å². The molecular formula is C15H20ClNO3S. The number of ether oxygens (including phenoxy) is 1. The number of nitrogens with one attached hydrogen (secondary N) is 1. The van der Waals surface area contributed by atoms with Gasteiger partial charge in [0.1, 0.15) is 10.9 Å². The lowest BCUT2D eigenvalue weighted by Gasteiger charge is -2.08. The number of amides is 1. The molecule has 0 radical (unpaired) electrons. The minimum Gasteiger partial charge on any atom is -0.462 e.